The van der Waals surface area contributed by atoms with Gasteiger partial charge in [-0.2, -0.15) is 5.26 Å². The molecular formula is C13H9ClN4OS2. The molecule has 0 amide bonds. The minimum Gasteiger partial charge on any atom is -0.358 e. The van der Waals surface area contributed by atoms with Gasteiger partial charge in [-0.15, -0.1) is 11.3 Å². The van der Waals surface area contributed by atoms with Crippen LogP contribution in [0.1, 0.15) is 10.6 Å². The maximum Gasteiger partial charge on any atom is 0.162 e. The Kier molecular flexibility index (Phi) is 3.68. The topological polar surface area (TPSA) is 81.6 Å². The number of hydrogen-bond donors (Lipinski definition) is 2. The van der Waals surface area contributed by atoms with Crippen molar-refractivity contribution in [3.8, 4) is 6.07 Å². The van der Waals surface area contributed by atoms with Gasteiger partial charge >= 0.3 is 0 Å². The van der Waals surface area contributed by atoms with Crippen molar-refractivity contribution in [2.75, 3.05) is 4.72 Å². The van der Waals surface area contributed by atoms with E-state index in [9.17, 15) is 4.21 Å². The summed E-state index contributed by atoms with van der Waals surface area (Å²) >= 11 is 7.50. The molecule has 2 aromatic heterocycles. The summed E-state index contributed by atoms with van der Waals surface area (Å²) in [5.74, 6) is 0. The Morgan fingerprint density at radius 1 is 1.52 bits per heavy atom. The quantitative estimate of drug-likeness (QED) is 0.766. The monoisotopic (exact) mass is 336 g/mol. The van der Waals surface area contributed by atoms with E-state index in [1.54, 1.807) is 24.5 Å². The summed E-state index contributed by atoms with van der Waals surface area (Å²) < 4.78 is 15.9. The van der Waals surface area contributed by atoms with Gasteiger partial charge in [-0.3, -0.25) is 4.72 Å². The van der Waals surface area contributed by atoms with Gasteiger partial charge in [0.1, 0.15) is 10.3 Å². The van der Waals surface area contributed by atoms with Crippen LogP contribution in [0.4, 0.5) is 5.69 Å². The number of nitrogens with zero attached hydrogens (tertiary/aromatic N) is 2. The zero-order valence-corrected chi connectivity index (χ0v) is 13.2. The maximum absolute atomic E-state index is 12.3. The van der Waals surface area contributed by atoms with Crippen LogP contribution in [0.3, 0.4) is 0 Å². The second-order valence-electron chi connectivity index (χ2n) is 4.23. The second kappa shape index (κ2) is 5.48. The van der Waals surface area contributed by atoms with Crippen LogP contribution < -0.4 is 4.72 Å². The third-order valence-corrected chi connectivity index (χ3v) is 5.49. The molecule has 0 radical (unpaired) electrons. The molecule has 0 spiro atoms. The summed E-state index contributed by atoms with van der Waals surface area (Å²) in [6.07, 6.45) is 3.17. The number of halogens is 1. The highest BCUT2D eigenvalue weighted by atomic mass is 35.5. The standard InChI is InChI=1S/C13H9ClN4OS2/c1-7-16-6-11(20-7)21(19)18-10-3-2-9(14)12-8(4-15)5-17-13(10)12/h2-3,5-6,17-18H,1H3. The molecule has 2 N–H and O–H groups in total. The van der Waals surface area contributed by atoms with Crippen LogP contribution >= 0.6 is 22.9 Å². The van der Waals surface area contributed by atoms with Gasteiger partial charge < -0.3 is 4.98 Å². The number of rotatable bonds is 3. The van der Waals surface area contributed by atoms with Gasteiger partial charge in [0.2, 0.25) is 0 Å². The Hall–Kier alpha value is -1.88. The summed E-state index contributed by atoms with van der Waals surface area (Å²) in [4.78, 5) is 7.08. The Labute approximate surface area is 132 Å². The zero-order chi connectivity index (χ0) is 15.0. The van der Waals surface area contributed by atoms with E-state index in [4.69, 9.17) is 16.9 Å². The average Bonchev–Trinajstić information content (AvgIpc) is 3.08. The Balaban J connectivity index is 2.02. The second-order valence-corrected chi connectivity index (χ2v) is 7.31. The van der Waals surface area contributed by atoms with Crippen molar-refractivity contribution < 1.29 is 4.21 Å². The molecule has 0 aliphatic carbocycles. The number of hydrogen-bond acceptors (Lipinski definition) is 4. The fraction of sp³-hybridized carbons (Fsp3) is 0.0769. The first-order valence-corrected chi connectivity index (χ1v) is 8.25. The van der Waals surface area contributed by atoms with Crippen molar-refractivity contribution in [1.29, 1.82) is 5.26 Å². The number of aryl methyl sites for hydroxylation is 1. The van der Waals surface area contributed by atoms with Crippen LogP contribution in [0, 0.1) is 18.3 Å². The molecule has 5 nitrogen and oxygen atoms in total. The molecule has 106 valence electrons. The number of fused-ring (bicyclic) bond motifs is 1. The summed E-state index contributed by atoms with van der Waals surface area (Å²) in [5, 5.41) is 11.0. The van der Waals surface area contributed by atoms with Crippen LogP contribution in [-0.4, -0.2) is 14.2 Å². The molecule has 0 saturated carbocycles. The third kappa shape index (κ3) is 2.53. The largest absolute Gasteiger partial charge is 0.358 e. The highest BCUT2D eigenvalue weighted by molar-refractivity contribution is 7.88. The highest BCUT2D eigenvalue weighted by Crippen LogP contribution is 2.32. The summed E-state index contributed by atoms with van der Waals surface area (Å²) in [6, 6.07) is 5.49. The van der Waals surface area contributed by atoms with E-state index in [-0.39, 0.29) is 0 Å². The zero-order valence-electron chi connectivity index (χ0n) is 10.8. The molecule has 0 aliphatic heterocycles. The third-order valence-electron chi connectivity index (χ3n) is 2.89. The molecule has 0 fully saturated rings. The van der Waals surface area contributed by atoms with Crippen molar-refractivity contribution in [3.63, 3.8) is 0 Å². The lowest BCUT2D eigenvalue weighted by atomic mass is 10.1. The molecule has 1 unspecified atom stereocenters. The highest BCUT2D eigenvalue weighted by Gasteiger charge is 2.14. The Morgan fingerprint density at radius 3 is 3.00 bits per heavy atom. The number of thiazole rings is 1. The van der Waals surface area contributed by atoms with Crippen molar-refractivity contribution in [2.45, 2.75) is 11.1 Å². The van der Waals surface area contributed by atoms with E-state index < -0.39 is 11.0 Å². The summed E-state index contributed by atoms with van der Waals surface area (Å²) in [6.45, 7) is 1.86. The molecular weight excluding hydrogens is 328 g/mol. The maximum atomic E-state index is 12.3. The van der Waals surface area contributed by atoms with Crippen molar-refractivity contribution in [2.24, 2.45) is 0 Å². The predicted octanol–water partition coefficient (Wildman–Crippen LogP) is 3.59. The van der Waals surface area contributed by atoms with Crippen LogP contribution in [-0.2, 0) is 11.0 Å². The molecule has 8 heteroatoms. The number of benzene rings is 1. The lowest BCUT2D eigenvalue weighted by Crippen LogP contribution is -2.03. The van der Waals surface area contributed by atoms with Crippen LogP contribution in [0.15, 0.2) is 28.7 Å². The van der Waals surface area contributed by atoms with E-state index in [2.05, 4.69) is 20.8 Å². The lowest BCUT2D eigenvalue weighted by Gasteiger charge is -2.06. The Bertz CT molecular complexity index is 893. The van der Waals surface area contributed by atoms with Crippen LogP contribution in [0.5, 0.6) is 0 Å². The van der Waals surface area contributed by atoms with Crippen molar-refractivity contribution in [1.82, 2.24) is 9.97 Å². The fourth-order valence-corrected chi connectivity index (χ4v) is 4.13. The van der Waals surface area contributed by atoms with E-state index in [0.717, 1.165) is 5.01 Å². The van der Waals surface area contributed by atoms with Crippen molar-refractivity contribution in [3.05, 3.63) is 40.1 Å². The first-order chi connectivity index (χ1) is 10.1. The summed E-state index contributed by atoms with van der Waals surface area (Å²) in [5.41, 5.74) is 1.74. The van der Waals surface area contributed by atoms with E-state index in [0.29, 0.717) is 31.4 Å². The number of aromatic nitrogens is 2. The van der Waals surface area contributed by atoms with Crippen LogP contribution in [0.25, 0.3) is 10.9 Å². The van der Waals surface area contributed by atoms with Gasteiger partial charge in [-0.05, 0) is 19.1 Å². The molecule has 1 atom stereocenters. The van der Waals surface area contributed by atoms with Gasteiger partial charge in [0.05, 0.1) is 33.0 Å². The number of anilines is 1. The molecule has 0 aliphatic rings. The molecule has 3 rings (SSSR count). The summed E-state index contributed by atoms with van der Waals surface area (Å²) in [7, 11) is -1.41. The van der Waals surface area contributed by atoms with Gasteiger partial charge in [0, 0.05) is 11.6 Å². The first-order valence-electron chi connectivity index (χ1n) is 5.90. The lowest BCUT2D eigenvalue weighted by molar-refractivity contribution is 0.687. The SMILES string of the molecule is Cc1ncc(S(=O)Nc2ccc(Cl)c3c(C#N)c[nH]c23)s1. The molecule has 0 saturated heterocycles. The minimum atomic E-state index is -1.41. The number of aromatic amines is 1. The molecule has 0 bridgehead atoms. The van der Waals surface area contributed by atoms with Crippen molar-refractivity contribution >= 4 is 50.5 Å². The predicted molar refractivity (Wildman–Crippen MR) is 84.9 cm³/mol. The number of nitriles is 1. The molecule has 3 aromatic rings. The minimum absolute atomic E-state index is 0.457. The van der Waals surface area contributed by atoms with E-state index in [1.807, 2.05) is 6.92 Å². The molecule has 21 heavy (non-hydrogen) atoms. The normalized spacial score (nSPS) is 12.2. The Morgan fingerprint density at radius 2 is 2.33 bits per heavy atom. The first kappa shape index (κ1) is 14.1. The average molecular weight is 337 g/mol. The molecule has 1 aromatic carbocycles. The fourth-order valence-electron chi connectivity index (χ4n) is 1.96. The van der Waals surface area contributed by atoms with E-state index >= 15 is 0 Å². The molecule has 2 heterocycles. The van der Waals surface area contributed by atoms with Gasteiger partial charge in [0.25, 0.3) is 0 Å². The number of nitrogens with one attached hydrogen (secondary N) is 2. The van der Waals surface area contributed by atoms with E-state index in [1.165, 1.54) is 11.3 Å². The van der Waals surface area contributed by atoms with Gasteiger partial charge in [-0.25, -0.2) is 9.19 Å². The smallest absolute Gasteiger partial charge is 0.162 e. The van der Waals surface area contributed by atoms with Gasteiger partial charge in [0.15, 0.2) is 11.0 Å². The van der Waals surface area contributed by atoms with Crippen LogP contribution in [0.2, 0.25) is 5.02 Å². The number of H-pyrrole nitrogens is 1. The van der Waals surface area contributed by atoms with Gasteiger partial charge in [-0.1, -0.05) is 11.6 Å².